The quantitative estimate of drug-likeness (QED) is 0.482. The molecular weight excluding hydrogens is 392 g/mol. The van der Waals surface area contributed by atoms with Gasteiger partial charge in [-0.05, 0) is 49.6 Å². The molecule has 2 aromatic carbocycles. The SMILES string of the molecule is CCOCCOc1nc(-c2ccccc2C)n(-c2ccc(NC(=O)CC(C)C)cc2)n1. The highest BCUT2D eigenvalue weighted by molar-refractivity contribution is 5.90. The summed E-state index contributed by atoms with van der Waals surface area (Å²) in [4.78, 5) is 16.7. The van der Waals surface area contributed by atoms with Crippen LogP contribution in [0.25, 0.3) is 17.1 Å². The van der Waals surface area contributed by atoms with Crippen LogP contribution in [0.15, 0.2) is 48.5 Å². The minimum absolute atomic E-state index is 0.00842. The number of hydrogen-bond donors (Lipinski definition) is 1. The van der Waals surface area contributed by atoms with Crippen molar-refractivity contribution in [3.63, 3.8) is 0 Å². The molecule has 0 aliphatic rings. The normalized spacial score (nSPS) is 11.0. The van der Waals surface area contributed by atoms with Gasteiger partial charge in [0.25, 0.3) is 0 Å². The van der Waals surface area contributed by atoms with Crippen LogP contribution in [0.3, 0.4) is 0 Å². The van der Waals surface area contributed by atoms with Gasteiger partial charge < -0.3 is 14.8 Å². The van der Waals surface area contributed by atoms with E-state index in [1.165, 1.54) is 0 Å². The fourth-order valence-electron chi connectivity index (χ4n) is 3.14. The maximum atomic E-state index is 12.0. The second kappa shape index (κ2) is 10.7. The Labute approximate surface area is 183 Å². The molecule has 7 nitrogen and oxygen atoms in total. The van der Waals surface area contributed by atoms with Gasteiger partial charge in [-0.15, -0.1) is 5.10 Å². The summed E-state index contributed by atoms with van der Waals surface area (Å²) < 4.78 is 12.8. The second-order valence-corrected chi connectivity index (χ2v) is 7.68. The fraction of sp³-hybridized carbons (Fsp3) is 0.375. The summed E-state index contributed by atoms with van der Waals surface area (Å²) in [7, 11) is 0. The smallest absolute Gasteiger partial charge is 0.336 e. The Morgan fingerprint density at radius 1 is 1.10 bits per heavy atom. The average molecular weight is 423 g/mol. The number of aromatic nitrogens is 3. The van der Waals surface area contributed by atoms with E-state index in [-0.39, 0.29) is 5.91 Å². The third-order valence-corrected chi connectivity index (χ3v) is 4.63. The van der Waals surface area contributed by atoms with Crippen molar-refractivity contribution < 1.29 is 14.3 Å². The second-order valence-electron chi connectivity index (χ2n) is 7.68. The molecule has 164 valence electrons. The highest BCUT2D eigenvalue weighted by Gasteiger charge is 2.16. The van der Waals surface area contributed by atoms with Gasteiger partial charge in [0, 0.05) is 24.3 Å². The van der Waals surface area contributed by atoms with Crippen molar-refractivity contribution in [3.8, 4) is 23.1 Å². The summed E-state index contributed by atoms with van der Waals surface area (Å²) in [5.41, 5.74) is 3.64. The summed E-state index contributed by atoms with van der Waals surface area (Å²) in [6, 6.07) is 15.9. The third-order valence-electron chi connectivity index (χ3n) is 4.63. The van der Waals surface area contributed by atoms with E-state index in [0.29, 0.717) is 44.0 Å². The molecule has 0 saturated heterocycles. The Bertz CT molecular complexity index is 996. The molecule has 0 atom stereocenters. The number of benzene rings is 2. The predicted octanol–water partition coefficient (Wildman–Crippen LogP) is 4.64. The van der Waals surface area contributed by atoms with Crippen molar-refractivity contribution >= 4 is 11.6 Å². The fourth-order valence-corrected chi connectivity index (χ4v) is 3.14. The maximum absolute atomic E-state index is 12.0. The number of aryl methyl sites for hydroxylation is 1. The van der Waals surface area contributed by atoms with Crippen LogP contribution in [-0.2, 0) is 9.53 Å². The summed E-state index contributed by atoms with van der Waals surface area (Å²) in [5.74, 6) is 1.02. The lowest BCUT2D eigenvalue weighted by Gasteiger charge is -2.10. The molecule has 0 spiro atoms. The lowest BCUT2D eigenvalue weighted by molar-refractivity contribution is -0.116. The van der Waals surface area contributed by atoms with E-state index < -0.39 is 0 Å². The molecular formula is C24H30N4O3. The highest BCUT2D eigenvalue weighted by atomic mass is 16.5. The molecule has 0 bridgehead atoms. The first-order chi connectivity index (χ1) is 15.0. The van der Waals surface area contributed by atoms with Gasteiger partial charge in [-0.2, -0.15) is 4.98 Å². The molecule has 0 aliphatic heterocycles. The highest BCUT2D eigenvalue weighted by Crippen LogP contribution is 2.27. The molecule has 1 N–H and O–H groups in total. The Morgan fingerprint density at radius 2 is 1.84 bits per heavy atom. The van der Waals surface area contributed by atoms with Gasteiger partial charge >= 0.3 is 6.01 Å². The molecule has 3 rings (SSSR count). The Hall–Kier alpha value is -3.19. The van der Waals surface area contributed by atoms with Crippen LogP contribution in [0, 0.1) is 12.8 Å². The summed E-state index contributed by atoms with van der Waals surface area (Å²) in [5, 5.41) is 7.50. The molecule has 0 saturated carbocycles. The molecule has 1 heterocycles. The molecule has 3 aromatic rings. The van der Waals surface area contributed by atoms with Gasteiger partial charge in [-0.3, -0.25) is 4.79 Å². The van der Waals surface area contributed by atoms with Gasteiger partial charge in [-0.1, -0.05) is 38.1 Å². The van der Waals surface area contributed by atoms with Crippen LogP contribution in [0.1, 0.15) is 32.8 Å². The van der Waals surface area contributed by atoms with Gasteiger partial charge in [-0.25, -0.2) is 4.68 Å². The predicted molar refractivity (Wildman–Crippen MR) is 122 cm³/mol. The summed E-state index contributed by atoms with van der Waals surface area (Å²) >= 11 is 0. The van der Waals surface area contributed by atoms with Crippen molar-refractivity contribution in [2.45, 2.75) is 34.1 Å². The number of ether oxygens (including phenoxy) is 2. The Balaban J connectivity index is 1.87. The van der Waals surface area contributed by atoms with E-state index in [9.17, 15) is 4.79 Å². The number of carbonyl (C=O) groups is 1. The number of nitrogens with zero attached hydrogens (tertiary/aromatic N) is 3. The number of nitrogens with one attached hydrogen (secondary N) is 1. The number of hydrogen-bond acceptors (Lipinski definition) is 5. The zero-order chi connectivity index (χ0) is 22.2. The minimum atomic E-state index is 0.00842. The van der Waals surface area contributed by atoms with Crippen molar-refractivity contribution in [1.82, 2.24) is 14.8 Å². The first kappa shape index (κ1) is 22.5. The first-order valence-electron chi connectivity index (χ1n) is 10.6. The zero-order valence-corrected chi connectivity index (χ0v) is 18.6. The van der Waals surface area contributed by atoms with Crippen LogP contribution in [0.2, 0.25) is 0 Å². The summed E-state index contributed by atoms with van der Waals surface area (Å²) in [6.07, 6.45) is 0.491. The standard InChI is InChI=1S/C24H30N4O3/c1-5-30-14-15-31-24-26-23(21-9-7-6-8-18(21)4)28(27-24)20-12-10-19(11-13-20)25-22(29)16-17(2)3/h6-13,17H,5,14-16H2,1-4H3,(H,25,29). The monoisotopic (exact) mass is 422 g/mol. The number of amides is 1. The van der Waals surface area contributed by atoms with E-state index >= 15 is 0 Å². The van der Waals surface area contributed by atoms with Crippen LogP contribution in [0.4, 0.5) is 5.69 Å². The van der Waals surface area contributed by atoms with Gasteiger partial charge in [0.1, 0.15) is 6.61 Å². The molecule has 0 aliphatic carbocycles. The first-order valence-corrected chi connectivity index (χ1v) is 10.6. The van der Waals surface area contributed by atoms with E-state index in [0.717, 1.165) is 22.5 Å². The zero-order valence-electron chi connectivity index (χ0n) is 18.6. The van der Waals surface area contributed by atoms with Crippen molar-refractivity contribution in [2.75, 3.05) is 25.1 Å². The topological polar surface area (TPSA) is 78.3 Å². The molecule has 7 heteroatoms. The van der Waals surface area contributed by atoms with Crippen LogP contribution in [0.5, 0.6) is 6.01 Å². The van der Waals surface area contributed by atoms with Gasteiger partial charge in [0.2, 0.25) is 5.91 Å². The number of rotatable bonds is 10. The van der Waals surface area contributed by atoms with Crippen LogP contribution in [-0.4, -0.2) is 40.5 Å². The molecule has 0 radical (unpaired) electrons. The van der Waals surface area contributed by atoms with Crippen molar-refractivity contribution in [3.05, 3.63) is 54.1 Å². The van der Waals surface area contributed by atoms with Gasteiger partial charge in [0.15, 0.2) is 5.82 Å². The number of anilines is 1. The Morgan fingerprint density at radius 3 is 2.52 bits per heavy atom. The van der Waals surface area contributed by atoms with E-state index in [4.69, 9.17) is 9.47 Å². The van der Waals surface area contributed by atoms with Crippen molar-refractivity contribution in [1.29, 1.82) is 0 Å². The minimum Gasteiger partial charge on any atom is -0.460 e. The van der Waals surface area contributed by atoms with Crippen LogP contribution >= 0.6 is 0 Å². The summed E-state index contributed by atoms with van der Waals surface area (Å²) in [6.45, 7) is 9.53. The largest absolute Gasteiger partial charge is 0.460 e. The number of carbonyl (C=O) groups excluding carboxylic acids is 1. The van der Waals surface area contributed by atoms with E-state index in [2.05, 4.69) is 15.4 Å². The van der Waals surface area contributed by atoms with E-state index in [1.54, 1.807) is 4.68 Å². The maximum Gasteiger partial charge on any atom is 0.336 e. The Kier molecular flexibility index (Phi) is 7.78. The molecule has 0 fully saturated rings. The van der Waals surface area contributed by atoms with Gasteiger partial charge in [0.05, 0.1) is 12.3 Å². The third kappa shape index (κ3) is 6.15. The van der Waals surface area contributed by atoms with Crippen molar-refractivity contribution in [2.24, 2.45) is 5.92 Å². The average Bonchev–Trinajstić information content (AvgIpc) is 3.15. The molecule has 1 amide bonds. The molecule has 0 unspecified atom stereocenters. The van der Waals surface area contributed by atoms with E-state index in [1.807, 2.05) is 76.2 Å². The van der Waals surface area contributed by atoms with Crippen LogP contribution < -0.4 is 10.1 Å². The molecule has 1 aromatic heterocycles. The lowest BCUT2D eigenvalue weighted by Crippen LogP contribution is -2.13. The lowest BCUT2D eigenvalue weighted by atomic mass is 10.1. The molecule has 31 heavy (non-hydrogen) atoms.